The molecule has 0 saturated carbocycles. The highest BCUT2D eigenvalue weighted by molar-refractivity contribution is 5.77. The highest BCUT2D eigenvalue weighted by Crippen LogP contribution is 2.33. The third kappa shape index (κ3) is 5.43. The topological polar surface area (TPSA) is 161 Å². The van der Waals surface area contributed by atoms with Crippen LogP contribution in [0.25, 0.3) is 22.6 Å². The second-order valence-electron chi connectivity index (χ2n) is 7.18. The molecule has 3 heterocycles. The van der Waals surface area contributed by atoms with Crippen molar-refractivity contribution in [1.29, 1.82) is 0 Å². The average molecular weight is 485 g/mol. The van der Waals surface area contributed by atoms with E-state index < -0.39 is 16.7 Å². The number of halogens is 3. The highest BCUT2D eigenvalue weighted by Gasteiger charge is 2.30. The molecule has 0 aliphatic rings. The molecule has 3 aromatic heterocycles. The van der Waals surface area contributed by atoms with Gasteiger partial charge in [0.2, 0.25) is 11.8 Å². The average Bonchev–Trinajstić information content (AvgIpc) is 3.36. The fourth-order valence-corrected chi connectivity index (χ4v) is 3.18. The first-order valence-electron chi connectivity index (χ1n) is 10.2. The van der Waals surface area contributed by atoms with E-state index in [4.69, 9.17) is 5.73 Å². The molecule has 5 N–H and O–H groups in total. The minimum atomic E-state index is -4.45. The Hall–Kier alpha value is -4.75. The fraction of sp³-hybridized carbons (Fsp3) is 0.143. The maximum atomic E-state index is 13.0. The molecule has 4 aromatic rings. The molecule has 0 amide bonds. The molecule has 14 heteroatoms. The second kappa shape index (κ2) is 9.62. The van der Waals surface area contributed by atoms with E-state index in [1.54, 1.807) is 12.4 Å². The summed E-state index contributed by atoms with van der Waals surface area (Å²) in [6, 6.07) is 7.35. The lowest BCUT2D eigenvalue weighted by atomic mass is 10.0. The first-order chi connectivity index (χ1) is 16.7. The Labute approximate surface area is 195 Å². The van der Waals surface area contributed by atoms with Crippen molar-refractivity contribution in [3.63, 3.8) is 0 Å². The lowest BCUT2D eigenvalue weighted by Crippen LogP contribution is -2.16. The number of nitro groups is 1. The van der Waals surface area contributed by atoms with Crippen molar-refractivity contribution in [3.05, 3.63) is 70.7 Å². The number of alkyl halides is 3. The monoisotopic (exact) mass is 485 g/mol. The zero-order chi connectivity index (χ0) is 25.0. The number of pyridine rings is 1. The quantitative estimate of drug-likeness (QED) is 0.164. The number of nitrogen functional groups attached to an aromatic ring is 1. The molecule has 180 valence electrons. The standard InChI is InChI=1S/C21H18F3N9O2/c22-21(23,24)13-3-1-12(2-4-13)17-14(19-27-8-9-28-19)11-30-20(32-17)29-10-7-26-16-6-5-15(33(34)35)18(25)31-16/h1-6,8-9,11H,7,10H2,(H,27,28)(H3,25,26,31)(H,29,30,32). The van der Waals surface area contributed by atoms with Crippen molar-refractivity contribution in [2.24, 2.45) is 0 Å². The van der Waals surface area contributed by atoms with Gasteiger partial charge < -0.3 is 21.4 Å². The maximum absolute atomic E-state index is 13.0. The number of anilines is 3. The Morgan fingerprint density at radius 2 is 1.77 bits per heavy atom. The molecule has 1 aromatic carbocycles. The Kier molecular flexibility index (Phi) is 6.44. The Balaban J connectivity index is 1.49. The lowest BCUT2D eigenvalue weighted by Gasteiger charge is -2.12. The van der Waals surface area contributed by atoms with Gasteiger partial charge in [0.1, 0.15) is 11.6 Å². The number of H-pyrrole nitrogens is 1. The molecule has 11 nitrogen and oxygen atoms in total. The van der Waals surface area contributed by atoms with Gasteiger partial charge >= 0.3 is 11.9 Å². The summed E-state index contributed by atoms with van der Waals surface area (Å²) in [5, 5.41) is 16.8. The number of benzene rings is 1. The lowest BCUT2D eigenvalue weighted by molar-refractivity contribution is -0.384. The van der Waals surface area contributed by atoms with E-state index in [9.17, 15) is 23.3 Å². The van der Waals surface area contributed by atoms with E-state index in [0.717, 1.165) is 12.1 Å². The van der Waals surface area contributed by atoms with Crippen LogP contribution in [0.2, 0.25) is 0 Å². The normalized spacial score (nSPS) is 11.3. The number of nitrogens with one attached hydrogen (secondary N) is 3. The molecule has 4 rings (SSSR count). The van der Waals surface area contributed by atoms with Crippen molar-refractivity contribution in [2.45, 2.75) is 6.18 Å². The number of hydrogen-bond acceptors (Lipinski definition) is 9. The Morgan fingerprint density at radius 3 is 2.40 bits per heavy atom. The van der Waals surface area contributed by atoms with Gasteiger partial charge in [0.05, 0.1) is 21.7 Å². The summed E-state index contributed by atoms with van der Waals surface area (Å²) < 4.78 is 38.9. The van der Waals surface area contributed by atoms with E-state index in [1.165, 1.54) is 30.5 Å². The predicted octanol–water partition coefficient (Wildman–Crippen LogP) is 3.96. The van der Waals surface area contributed by atoms with Crippen molar-refractivity contribution < 1.29 is 18.1 Å². The first kappa shape index (κ1) is 23.4. The van der Waals surface area contributed by atoms with Gasteiger partial charge in [0, 0.05) is 43.3 Å². The molecule has 0 atom stereocenters. The first-order valence-corrected chi connectivity index (χ1v) is 10.2. The molecule has 0 fully saturated rings. The van der Waals surface area contributed by atoms with Crippen molar-refractivity contribution >= 4 is 23.3 Å². The third-order valence-corrected chi connectivity index (χ3v) is 4.84. The van der Waals surface area contributed by atoms with Crippen LogP contribution in [0.4, 0.5) is 36.4 Å². The number of hydrogen-bond donors (Lipinski definition) is 4. The van der Waals surface area contributed by atoms with Crippen LogP contribution in [0.3, 0.4) is 0 Å². The van der Waals surface area contributed by atoms with E-state index in [-0.39, 0.29) is 17.5 Å². The van der Waals surface area contributed by atoms with Gasteiger partial charge in [-0.25, -0.2) is 19.9 Å². The fourth-order valence-electron chi connectivity index (χ4n) is 3.18. The SMILES string of the molecule is Nc1nc(NCCNc2ncc(-c3ncc[nH]3)c(-c3ccc(C(F)(F)F)cc3)n2)ccc1[N+](=O)[O-]. The molecule has 0 spiro atoms. The van der Waals surface area contributed by atoms with Gasteiger partial charge in [-0.2, -0.15) is 13.2 Å². The van der Waals surface area contributed by atoms with Gasteiger partial charge in [-0.3, -0.25) is 10.1 Å². The molecule has 0 bridgehead atoms. The molecular formula is C21H18F3N9O2. The zero-order valence-corrected chi connectivity index (χ0v) is 17.9. The summed E-state index contributed by atoms with van der Waals surface area (Å²) in [7, 11) is 0. The summed E-state index contributed by atoms with van der Waals surface area (Å²) >= 11 is 0. The molecule has 0 saturated heterocycles. The van der Waals surface area contributed by atoms with Gasteiger partial charge in [-0.05, 0) is 18.2 Å². The van der Waals surface area contributed by atoms with Crippen LogP contribution in [0.15, 0.2) is 55.0 Å². The van der Waals surface area contributed by atoms with Gasteiger partial charge in [0.25, 0.3) is 0 Å². The number of aromatic amines is 1. The number of rotatable bonds is 8. The van der Waals surface area contributed by atoms with E-state index in [0.29, 0.717) is 41.6 Å². The summed E-state index contributed by atoms with van der Waals surface area (Å²) in [4.78, 5) is 30.0. The number of aromatic nitrogens is 5. The van der Waals surface area contributed by atoms with E-state index in [1.807, 2.05) is 0 Å². The maximum Gasteiger partial charge on any atom is 0.416 e. The Morgan fingerprint density at radius 1 is 1.03 bits per heavy atom. The molecule has 0 aliphatic carbocycles. The van der Waals surface area contributed by atoms with Crippen LogP contribution in [0.5, 0.6) is 0 Å². The van der Waals surface area contributed by atoms with Crippen LogP contribution in [-0.4, -0.2) is 42.9 Å². The zero-order valence-electron chi connectivity index (χ0n) is 17.9. The minimum absolute atomic E-state index is 0.203. The number of nitrogens with two attached hydrogens (primary N) is 1. The molecular weight excluding hydrogens is 467 g/mol. The van der Waals surface area contributed by atoms with Crippen LogP contribution in [0.1, 0.15) is 5.56 Å². The third-order valence-electron chi connectivity index (χ3n) is 4.84. The molecule has 0 unspecified atom stereocenters. The summed E-state index contributed by atoms with van der Waals surface area (Å²) in [5.41, 5.74) is 5.90. The van der Waals surface area contributed by atoms with Crippen LogP contribution in [0, 0.1) is 10.1 Å². The van der Waals surface area contributed by atoms with Crippen molar-refractivity contribution in [1.82, 2.24) is 24.9 Å². The van der Waals surface area contributed by atoms with Crippen LogP contribution < -0.4 is 16.4 Å². The van der Waals surface area contributed by atoms with Crippen LogP contribution in [-0.2, 0) is 6.18 Å². The molecule has 0 radical (unpaired) electrons. The summed E-state index contributed by atoms with van der Waals surface area (Å²) in [5.74, 6) is 0.864. The number of nitrogens with zero attached hydrogens (tertiary/aromatic N) is 5. The predicted molar refractivity (Wildman–Crippen MR) is 122 cm³/mol. The highest BCUT2D eigenvalue weighted by atomic mass is 19.4. The van der Waals surface area contributed by atoms with Gasteiger partial charge in [0.15, 0.2) is 0 Å². The number of imidazole rings is 1. The minimum Gasteiger partial charge on any atom is -0.378 e. The van der Waals surface area contributed by atoms with Crippen molar-refractivity contribution in [2.75, 3.05) is 29.5 Å². The largest absolute Gasteiger partial charge is 0.416 e. The van der Waals surface area contributed by atoms with Gasteiger partial charge in [-0.1, -0.05) is 12.1 Å². The second-order valence-corrected chi connectivity index (χ2v) is 7.18. The van der Waals surface area contributed by atoms with E-state index >= 15 is 0 Å². The van der Waals surface area contributed by atoms with Crippen LogP contribution >= 0.6 is 0 Å². The Bertz CT molecular complexity index is 1330. The molecule has 0 aliphatic heterocycles. The summed E-state index contributed by atoms with van der Waals surface area (Å²) in [6.07, 6.45) is 0.232. The summed E-state index contributed by atoms with van der Waals surface area (Å²) in [6.45, 7) is 0.689. The molecule has 35 heavy (non-hydrogen) atoms. The van der Waals surface area contributed by atoms with E-state index in [2.05, 4.69) is 35.6 Å². The van der Waals surface area contributed by atoms with Gasteiger partial charge in [-0.15, -0.1) is 0 Å². The smallest absolute Gasteiger partial charge is 0.378 e. The van der Waals surface area contributed by atoms with Crippen molar-refractivity contribution in [3.8, 4) is 22.6 Å².